The molecule has 0 amide bonds. The van der Waals surface area contributed by atoms with Gasteiger partial charge >= 0.3 is 0 Å². The molecule has 2 heteroatoms. The fourth-order valence-electron chi connectivity index (χ4n) is 3.95. The van der Waals surface area contributed by atoms with E-state index in [0.717, 1.165) is 23.4 Å². The van der Waals surface area contributed by atoms with Crippen LogP contribution in [0.4, 0.5) is 0 Å². The second-order valence-electron chi connectivity index (χ2n) is 5.31. The van der Waals surface area contributed by atoms with E-state index in [1.807, 2.05) is 12.1 Å². The van der Waals surface area contributed by atoms with Crippen LogP contribution in [-0.4, -0.2) is 6.54 Å². The summed E-state index contributed by atoms with van der Waals surface area (Å²) in [4.78, 5) is 0. The smallest absolute Gasteiger partial charge is 0.0406 e. The summed E-state index contributed by atoms with van der Waals surface area (Å²) in [5.41, 5.74) is 7.40. The van der Waals surface area contributed by atoms with Gasteiger partial charge in [0.25, 0.3) is 0 Å². The van der Waals surface area contributed by atoms with E-state index in [1.165, 1.54) is 24.8 Å². The van der Waals surface area contributed by atoms with E-state index in [4.69, 9.17) is 17.3 Å². The number of nitrogens with two attached hydrogens (primary N) is 1. The van der Waals surface area contributed by atoms with Crippen LogP contribution in [0.5, 0.6) is 0 Å². The molecule has 2 bridgehead atoms. The zero-order chi connectivity index (χ0) is 11.1. The number of rotatable bonds is 2. The first-order valence-corrected chi connectivity index (χ1v) is 6.63. The van der Waals surface area contributed by atoms with Crippen molar-refractivity contribution in [2.45, 2.75) is 25.2 Å². The zero-order valence-electron chi connectivity index (χ0n) is 9.40. The molecule has 0 aromatic heterocycles. The molecule has 0 saturated heterocycles. The second-order valence-corrected chi connectivity index (χ2v) is 5.75. The molecule has 2 fully saturated rings. The fraction of sp³-hybridized carbons (Fsp3) is 0.571. The molecule has 1 aromatic rings. The predicted molar refractivity (Wildman–Crippen MR) is 67.6 cm³/mol. The topological polar surface area (TPSA) is 26.0 Å². The number of hydrogen-bond donors (Lipinski definition) is 1. The molecule has 2 saturated carbocycles. The summed E-state index contributed by atoms with van der Waals surface area (Å²) >= 11 is 5.94. The summed E-state index contributed by atoms with van der Waals surface area (Å²) in [7, 11) is 0. The maximum atomic E-state index is 5.95. The molecule has 0 heterocycles. The van der Waals surface area contributed by atoms with E-state index in [0.29, 0.717) is 11.8 Å². The maximum Gasteiger partial charge on any atom is 0.0406 e. The van der Waals surface area contributed by atoms with Crippen molar-refractivity contribution in [1.29, 1.82) is 0 Å². The molecule has 3 rings (SSSR count). The Morgan fingerprint density at radius 1 is 1.12 bits per heavy atom. The van der Waals surface area contributed by atoms with Crippen LogP contribution in [0.2, 0.25) is 5.02 Å². The summed E-state index contributed by atoms with van der Waals surface area (Å²) in [5.74, 6) is 3.16. The maximum absolute atomic E-state index is 5.95. The van der Waals surface area contributed by atoms with Gasteiger partial charge in [0, 0.05) is 5.02 Å². The fourth-order valence-corrected chi connectivity index (χ4v) is 4.08. The van der Waals surface area contributed by atoms with E-state index >= 15 is 0 Å². The Labute approximate surface area is 102 Å². The SMILES string of the molecule is NC[C@H]1[C@@H]2CC[C@@H](C2)[C@H]1c1ccc(Cl)cc1. The highest BCUT2D eigenvalue weighted by Crippen LogP contribution is 2.56. The first-order chi connectivity index (χ1) is 7.79. The summed E-state index contributed by atoms with van der Waals surface area (Å²) in [6.45, 7) is 0.842. The van der Waals surface area contributed by atoms with Crippen LogP contribution in [-0.2, 0) is 0 Å². The zero-order valence-corrected chi connectivity index (χ0v) is 10.2. The predicted octanol–water partition coefficient (Wildman–Crippen LogP) is 3.43. The molecule has 0 unspecified atom stereocenters. The Morgan fingerprint density at radius 2 is 1.81 bits per heavy atom. The van der Waals surface area contributed by atoms with Gasteiger partial charge in [-0.1, -0.05) is 23.7 Å². The van der Waals surface area contributed by atoms with Gasteiger partial charge in [0.05, 0.1) is 0 Å². The van der Waals surface area contributed by atoms with Gasteiger partial charge in [0.15, 0.2) is 0 Å². The molecule has 16 heavy (non-hydrogen) atoms. The molecule has 0 aliphatic heterocycles. The Hall–Kier alpha value is -0.530. The molecule has 0 spiro atoms. The van der Waals surface area contributed by atoms with Crippen LogP contribution >= 0.6 is 11.6 Å². The van der Waals surface area contributed by atoms with Crippen molar-refractivity contribution < 1.29 is 0 Å². The molecule has 2 aliphatic carbocycles. The molecule has 0 radical (unpaired) electrons. The molecular weight excluding hydrogens is 218 g/mol. The summed E-state index contributed by atoms with van der Waals surface area (Å²) in [6.07, 6.45) is 4.19. The van der Waals surface area contributed by atoms with Crippen molar-refractivity contribution in [3.63, 3.8) is 0 Å². The number of hydrogen-bond acceptors (Lipinski definition) is 1. The minimum atomic E-state index is 0.695. The van der Waals surface area contributed by atoms with Crippen LogP contribution in [0, 0.1) is 17.8 Å². The van der Waals surface area contributed by atoms with E-state index in [2.05, 4.69) is 12.1 Å². The lowest BCUT2D eigenvalue weighted by Crippen LogP contribution is -2.27. The van der Waals surface area contributed by atoms with E-state index < -0.39 is 0 Å². The monoisotopic (exact) mass is 235 g/mol. The van der Waals surface area contributed by atoms with Gasteiger partial charge in [-0.2, -0.15) is 0 Å². The van der Waals surface area contributed by atoms with Crippen LogP contribution < -0.4 is 5.73 Å². The summed E-state index contributed by atoms with van der Waals surface area (Å²) < 4.78 is 0. The average Bonchev–Trinajstić information content (AvgIpc) is 2.89. The Balaban J connectivity index is 1.91. The second kappa shape index (κ2) is 4.05. The molecule has 1 nitrogen and oxygen atoms in total. The minimum absolute atomic E-state index is 0.695. The van der Waals surface area contributed by atoms with Crippen molar-refractivity contribution >= 4 is 11.6 Å². The van der Waals surface area contributed by atoms with Gasteiger partial charge in [-0.05, 0) is 67.2 Å². The highest BCUT2D eigenvalue weighted by atomic mass is 35.5. The van der Waals surface area contributed by atoms with Crippen LogP contribution in [0.15, 0.2) is 24.3 Å². The standard InChI is InChI=1S/C14H18ClN/c15-12-5-3-9(4-6-12)14-11-2-1-10(7-11)13(14)8-16/h3-6,10-11,13-14H,1-2,7-8,16H2/t10-,11+,13+,14-/m1/s1. The Morgan fingerprint density at radius 3 is 2.50 bits per heavy atom. The van der Waals surface area contributed by atoms with Crippen LogP contribution in [0.1, 0.15) is 30.7 Å². The van der Waals surface area contributed by atoms with E-state index in [9.17, 15) is 0 Å². The minimum Gasteiger partial charge on any atom is -0.330 e. The van der Waals surface area contributed by atoms with Crippen LogP contribution in [0.25, 0.3) is 0 Å². The van der Waals surface area contributed by atoms with Gasteiger partial charge in [-0.15, -0.1) is 0 Å². The third-order valence-electron chi connectivity index (χ3n) is 4.62. The molecule has 86 valence electrons. The Kier molecular flexibility index (Phi) is 2.68. The molecule has 2 N–H and O–H groups in total. The highest BCUT2D eigenvalue weighted by molar-refractivity contribution is 6.30. The quantitative estimate of drug-likeness (QED) is 0.835. The van der Waals surface area contributed by atoms with E-state index in [1.54, 1.807) is 0 Å². The van der Waals surface area contributed by atoms with Gasteiger partial charge in [-0.3, -0.25) is 0 Å². The van der Waals surface area contributed by atoms with Crippen LogP contribution in [0.3, 0.4) is 0 Å². The third-order valence-corrected chi connectivity index (χ3v) is 4.87. The van der Waals surface area contributed by atoms with Crippen molar-refractivity contribution in [2.75, 3.05) is 6.54 Å². The molecular formula is C14H18ClN. The van der Waals surface area contributed by atoms with Crippen molar-refractivity contribution in [1.82, 2.24) is 0 Å². The van der Waals surface area contributed by atoms with Crippen molar-refractivity contribution in [3.8, 4) is 0 Å². The van der Waals surface area contributed by atoms with Gasteiger partial charge in [-0.25, -0.2) is 0 Å². The third kappa shape index (κ3) is 1.57. The summed E-state index contributed by atoms with van der Waals surface area (Å²) in [6, 6.07) is 8.40. The normalized spacial score (nSPS) is 36.9. The van der Waals surface area contributed by atoms with E-state index in [-0.39, 0.29) is 0 Å². The van der Waals surface area contributed by atoms with Gasteiger partial charge in [0.2, 0.25) is 0 Å². The molecule has 4 atom stereocenters. The number of halogens is 1. The van der Waals surface area contributed by atoms with Crippen molar-refractivity contribution in [2.24, 2.45) is 23.5 Å². The van der Waals surface area contributed by atoms with Crippen molar-refractivity contribution in [3.05, 3.63) is 34.9 Å². The van der Waals surface area contributed by atoms with Gasteiger partial charge < -0.3 is 5.73 Å². The van der Waals surface area contributed by atoms with Gasteiger partial charge in [0.1, 0.15) is 0 Å². The first-order valence-electron chi connectivity index (χ1n) is 6.25. The largest absolute Gasteiger partial charge is 0.330 e. The molecule has 2 aliphatic rings. The number of benzene rings is 1. The Bertz CT molecular complexity index is 373. The first kappa shape index (κ1) is 10.6. The lowest BCUT2D eigenvalue weighted by atomic mass is 9.75. The lowest BCUT2D eigenvalue weighted by molar-refractivity contribution is 0.295. The number of fused-ring (bicyclic) bond motifs is 2. The highest BCUT2D eigenvalue weighted by Gasteiger charge is 2.47. The summed E-state index contributed by atoms with van der Waals surface area (Å²) in [5, 5.41) is 0.830. The lowest BCUT2D eigenvalue weighted by Gasteiger charge is -2.30. The average molecular weight is 236 g/mol. The molecule has 1 aromatic carbocycles.